The number of hydrogen-bond acceptors (Lipinski definition) is 4. The molecule has 0 saturated heterocycles. The fraction of sp³-hybridized carbons (Fsp3) is 0.409. The number of pyridine rings is 1. The molecule has 2 N–H and O–H groups in total. The average Bonchev–Trinajstić information content (AvgIpc) is 3.15. The SMILES string of the molecule is O=C1C=C(c2ccc3c(C(=O)NCC4(O)CCC(F)(F)CC4)c(Cl)ccc3n2)CC1. The molecule has 2 aromatic rings. The van der Waals surface area contributed by atoms with Gasteiger partial charge in [-0.15, -0.1) is 0 Å². The summed E-state index contributed by atoms with van der Waals surface area (Å²) < 4.78 is 26.7. The Labute approximate surface area is 177 Å². The molecule has 5 nitrogen and oxygen atoms in total. The van der Waals surface area contributed by atoms with Crippen LogP contribution >= 0.6 is 11.6 Å². The Morgan fingerprint density at radius 3 is 2.53 bits per heavy atom. The highest BCUT2D eigenvalue weighted by molar-refractivity contribution is 6.35. The van der Waals surface area contributed by atoms with Gasteiger partial charge in [-0.2, -0.15) is 0 Å². The monoisotopic (exact) mass is 434 g/mol. The number of carbonyl (C=O) groups is 2. The van der Waals surface area contributed by atoms with Crippen LogP contribution in [-0.4, -0.2) is 39.8 Å². The van der Waals surface area contributed by atoms with Crippen molar-refractivity contribution >= 4 is 39.8 Å². The van der Waals surface area contributed by atoms with Crippen LogP contribution in [0.25, 0.3) is 16.5 Å². The van der Waals surface area contributed by atoms with Crippen molar-refractivity contribution in [3.05, 3.63) is 46.6 Å². The van der Waals surface area contributed by atoms with E-state index in [1.54, 1.807) is 30.3 Å². The predicted octanol–water partition coefficient (Wildman–Crippen LogP) is 4.30. The molecule has 1 fully saturated rings. The molecule has 8 heteroatoms. The minimum Gasteiger partial charge on any atom is -0.388 e. The van der Waals surface area contributed by atoms with Crippen LogP contribution in [0, 0.1) is 0 Å². The smallest absolute Gasteiger partial charge is 0.253 e. The lowest BCUT2D eigenvalue weighted by atomic mass is 9.82. The van der Waals surface area contributed by atoms with Gasteiger partial charge in [-0.1, -0.05) is 11.6 Å². The zero-order valence-electron chi connectivity index (χ0n) is 16.2. The molecule has 4 rings (SSSR count). The number of halogens is 3. The molecule has 0 atom stereocenters. The van der Waals surface area contributed by atoms with Crippen molar-refractivity contribution in [1.29, 1.82) is 0 Å². The van der Waals surface area contributed by atoms with Crippen LogP contribution in [0.3, 0.4) is 0 Å². The number of rotatable bonds is 4. The molecular formula is C22H21ClF2N2O3. The van der Waals surface area contributed by atoms with Crippen molar-refractivity contribution in [2.75, 3.05) is 6.54 Å². The molecular weight excluding hydrogens is 414 g/mol. The number of hydrogen-bond donors (Lipinski definition) is 2. The first-order chi connectivity index (χ1) is 14.2. The number of nitrogens with one attached hydrogen (secondary N) is 1. The quantitative estimate of drug-likeness (QED) is 0.751. The van der Waals surface area contributed by atoms with E-state index in [2.05, 4.69) is 10.3 Å². The standard InChI is InChI=1S/C22H21ClF2N2O3/c23-16-4-6-18-15(3-5-17(27-18)13-1-2-14(28)11-13)19(16)20(29)26-12-21(30)7-9-22(24,25)10-8-21/h3-6,11,30H,1-2,7-10,12H2,(H,26,29). The Morgan fingerprint density at radius 2 is 1.87 bits per heavy atom. The van der Waals surface area contributed by atoms with Gasteiger partial charge in [0.05, 0.1) is 27.4 Å². The molecule has 0 spiro atoms. The average molecular weight is 435 g/mol. The Hall–Kier alpha value is -2.38. The van der Waals surface area contributed by atoms with Crippen molar-refractivity contribution in [2.45, 2.75) is 50.0 Å². The maximum atomic E-state index is 13.4. The number of amides is 1. The lowest BCUT2D eigenvalue weighted by Gasteiger charge is -2.35. The zero-order chi connectivity index (χ0) is 21.5. The number of ketones is 1. The van der Waals surface area contributed by atoms with Crippen LogP contribution in [0.1, 0.15) is 54.6 Å². The third-order valence-corrected chi connectivity index (χ3v) is 6.16. The fourth-order valence-electron chi connectivity index (χ4n) is 3.98. The lowest BCUT2D eigenvalue weighted by molar-refractivity contribution is -0.114. The first-order valence-electron chi connectivity index (χ1n) is 9.87. The first kappa shape index (κ1) is 20.9. The summed E-state index contributed by atoms with van der Waals surface area (Å²) in [5.74, 6) is -3.19. The number of fused-ring (bicyclic) bond motifs is 1. The topological polar surface area (TPSA) is 79.3 Å². The summed E-state index contributed by atoms with van der Waals surface area (Å²) in [5, 5.41) is 13.9. The predicted molar refractivity (Wildman–Crippen MR) is 110 cm³/mol. The second-order valence-corrected chi connectivity index (χ2v) is 8.49. The third-order valence-electron chi connectivity index (χ3n) is 5.84. The van der Waals surface area contributed by atoms with Gasteiger partial charge in [-0.05, 0) is 55.2 Å². The normalized spacial score (nSPS) is 20.3. The number of benzene rings is 1. The Kier molecular flexibility index (Phi) is 5.36. The number of aliphatic hydroxyl groups is 1. The van der Waals surface area contributed by atoms with Crippen molar-refractivity contribution in [3.63, 3.8) is 0 Å². The van der Waals surface area contributed by atoms with Gasteiger partial charge in [-0.25, -0.2) is 13.8 Å². The summed E-state index contributed by atoms with van der Waals surface area (Å²) in [4.78, 5) is 28.9. The number of alkyl halides is 2. The molecule has 158 valence electrons. The molecule has 2 aliphatic rings. The van der Waals surface area contributed by atoms with Crippen molar-refractivity contribution < 1.29 is 23.5 Å². The van der Waals surface area contributed by atoms with Gasteiger partial charge < -0.3 is 10.4 Å². The molecule has 30 heavy (non-hydrogen) atoms. The maximum Gasteiger partial charge on any atom is 0.253 e. The van der Waals surface area contributed by atoms with Crippen LogP contribution in [0.2, 0.25) is 5.02 Å². The summed E-state index contributed by atoms with van der Waals surface area (Å²) >= 11 is 6.27. The van der Waals surface area contributed by atoms with Crippen molar-refractivity contribution in [2.24, 2.45) is 0 Å². The van der Waals surface area contributed by atoms with E-state index in [1.807, 2.05) is 0 Å². The zero-order valence-corrected chi connectivity index (χ0v) is 16.9. The molecule has 1 aromatic heterocycles. The molecule has 1 amide bonds. The molecule has 2 aliphatic carbocycles. The highest BCUT2D eigenvalue weighted by atomic mass is 35.5. The number of aromatic nitrogens is 1. The van der Waals surface area contributed by atoms with Gasteiger partial charge in [0, 0.05) is 31.2 Å². The van der Waals surface area contributed by atoms with E-state index in [-0.39, 0.29) is 35.8 Å². The van der Waals surface area contributed by atoms with Gasteiger partial charge in [0.2, 0.25) is 5.92 Å². The van der Waals surface area contributed by atoms with Crippen molar-refractivity contribution in [1.82, 2.24) is 10.3 Å². The van der Waals surface area contributed by atoms with Crippen LogP contribution in [0.5, 0.6) is 0 Å². The van der Waals surface area contributed by atoms with E-state index in [9.17, 15) is 23.5 Å². The molecule has 0 aliphatic heterocycles. The van der Waals surface area contributed by atoms with Gasteiger partial charge >= 0.3 is 0 Å². The largest absolute Gasteiger partial charge is 0.388 e. The summed E-state index contributed by atoms with van der Waals surface area (Å²) in [5.41, 5.74) is 0.952. The molecule has 0 bridgehead atoms. The van der Waals surface area contributed by atoms with Crippen LogP contribution in [-0.2, 0) is 4.79 Å². The van der Waals surface area contributed by atoms with E-state index >= 15 is 0 Å². The molecule has 0 unspecified atom stereocenters. The number of nitrogens with zero attached hydrogens (tertiary/aromatic N) is 1. The molecule has 1 aromatic carbocycles. The Bertz CT molecular complexity index is 1060. The number of allylic oxidation sites excluding steroid dienone is 2. The van der Waals surface area contributed by atoms with Gasteiger partial charge in [0.25, 0.3) is 5.91 Å². The van der Waals surface area contributed by atoms with E-state index in [4.69, 9.17) is 11.6 Å². The van der Waals surface area contributed by atoms with E-state index in [0.29, 0.717) is 29.4 Å². The van der Waals surface area contributed by atoms with Gasteiger partial charge in [0.15, 0.2) is 5.78 Å². The van der Waals surface area contributed by atoms with Crippen LogP contribution in [0.15, 0.2) is 30.3 Å². The minimum atomic E-state index is -2.77. The van der Waals surface area contributed by atoms with E-state index < -0.39 is 30.3 Å². The van der Waals surface area contributed by atoms with E-state index in [1.165, 1.54) is 0 Å². The second-order valence-electron chi connectivity index (χ2n) is 8.08. The first-order valence-corrected chi connectivity index (χ1v) is 10.3. The lowest BCUT2D eigenvalue weighted by Crippen LogP contribution is -2.47. The molecule has 0 radical (unpaired) electrons. The molecule has 1 heterocycles. The maximum absolute atomic E-state index is 13.4. The van der Waals surface area contributed by atoms with Crippen LogP contribution < -0.4 is 5.32 Å². The summed E-state index contributed by atoms with van der Waals surface area (Å²) in [6, 6.07) is 6.75. The molecule has 1 saturated carbocycles. The minimum absolute atomic E-state index is 0.0708. The fourth-order valence-corrected chi connectivity index (χ4v) is 4.23. The Morgan fingerprint density at radius 1 is 1.13 bits per heavy atom. The Balaban J connectivity index is 1.55. The second kappa shape index (κ2) is 7.71. The van der Waals surface area contributed by atoms with Crippen LogP contribution in [0.4, 0.5) is 8.78 Å². The summed E-state index contributed by atoms with van der Waals surface area (Å²) in [6.07, 6.45) is 1.73. The highest BCUT2D eigenvalue weighted by Gasteiger charge is 2.42. The van der Waals surface area contributed by atoms with E-state index in [0.717, 1.165) is 5.57 Å². The van der Waals surface area contributed by atoms with Gasteiger partial charge in [0.1, 0.15) is 0 Å². The van der Waals surface area contributed by atoms with Gasteiger partial charge in [-0.3, -0.25) is 9.59 Å². The third kappa shape index (κ3) is 4.23. The summed E-state index contributed by atoms with van der Waals surface area (Å²) in [7, 11) is 0. The van der Waals surface area contributed by atoms with Crippen molar-refractivity contribution in [3.8, 4) is 0 Å². The highest BCUT2D eigenvalue weighted by Crippen LogP contribution is 2.38. The number of carbonyl (C=O) groups excluding carboxylic acids is 2. The summed E-state index contributed by atoms with van der Waals surface area (Å²) in [6.45, 7) is -0.130.